The first kappa shape index (κ1) is 9.23. The Morgan fingerprint density at radius 3 is 2.86 bits per heavy atom. The van der Waals surface area contributed by atoms with Crippen molar-refractivity contribution in [3.8, 4) is 0 Å². The fourth-order valence-corrected chi connectivity index (χ4v) is 1.69. The molecule has 2 rings (SSSR count). The minimum atomic E-state index is -0.221. The van der Waals surface area contributed by atoms with Crippen LogP contribution in [0.5, 0.6) is 0 Å². The zero-order valence-electron chi connectivity index (χ0n) is 7.71. The lowest BCUT2D eigenvalue weighted by molar-refractivity contribution is 0.835. The summed E-state index contributed by atoms with van der Waals surface area (Å²) < 4.78 is 8.02. The van der Waals surface area contributed by atoms with Gasteiger partial charge in [-0.05, 0) is 18.1 Å². The average Bonchev–Trinajstić information content (AvgIpc) is 2.69. The van der Waals surface area contributed by atoms with Crippen molar-refractivity contribution in [2.45, 2.75) is 13.0 Å². The van der Waals surface area contributed by atoms with E-state index in [0.29, 0.717) is 0 Å². The molecule has 0 aliphatic carbocycles. The van der Waals surface area contributed by atoms with Gasteiger partial charge in [-0.2, -0.15) is 8.75 Å². The molecule has 0 aliphatic rings. The number of aromatic nitrogens is 3. The molecule has 2 aromatic heterocycles. The van der Waals surface area contributed by atoms with Crippen LogP contribution < -0.4 is 5.73 Å². The third kappa shape index (κ3) is 1.78. The lowest BCUT2D eigenvalue weighted by Gasteiger charge is -2.08. The number of hydrogen-bond acceptors (Lipinski definition) is 5. The van der Waals surface area contributed by atoms with Crippen molar-refractivity contribution in [3.63, 3.8) is 0 Å². The molecule has 0 aliphatic heterocycles. The SMILES string of the molecule is Cc1cncc(C(N)c2cnsn2)c1. The van der Waals surface area contributed by atoms with Gasteiger partial charge >= 0.3 is 0 Å². The molecule has 5 heteroatoms. The normalized spacial score (nSPS) is 12.7. The summed E-state index contributed by atoms with van der Waals surface area (Å²) in [6, 6.07) is 1.79. The predicted octanol–water partition coefficient (Wildman–Crippen LogP) is 1.29. The van der Waals surface area contributed by atoms with Crippen LogP contribution in [0.3, 0.4) is 0 Å². The van der Waals surface area contributed by atoms with Gasteiger partial charge < -0.3 is 5.73 Å². The summed E-state index contributed by atoms with van der Waals surface area (Å²) in [5, 5.41) is 0. The molecule has 2 heterocycles. The molecule has 0 fully saturated rings. The topological polar surface area (TPSA) is 64.7 Å². The monoisotopic (exact) mass is 206 g/mol. The van der Waals surface area contributed by atoms with E-state index in [0.717, 1.165) is 16.8 Å². The molecule has 1 atom stereocenters. The highest BCUT2D eigenvalue weighted by atomic mass is 32.1. The Hall–Kier alpha value is -1.33. The van der Waals surface area contributed by atoms with E-state index in [-0.39, 0.29) is 6.04 Å². The molecule has 0 saturated carbocycles. The Kier molecular flexibility index (Phi) is 2.51. The van der Waals surface area contributed by atoms with E-state index in [9.17, 15) is 0 Å². The first-order valence-electron chi connectivity index (χ1n) is 4.22. The largest absolute Gasteiger partial charge is 0.319 e. The standard InChI is InChI=1S/C9H10N4S/c1-6-2-7(4-11-3-6)9(10)8-5-12-14-13-8/h2-5,9H,10H2,1H3. The first-order chi connectivity index (χ1) is 6.77. The van der Waals surface area contributed by atoms with Gasteiger partial charge in [-0.25, -0.2) is 0 Å². The van der Waals surface area contributed by atoms with Crippen LogP contribution in [0, 0.1) is 6.92 Å². The van der Waals surface area contributed by atoms with Gasteiger partial charge in [-0.3, -0.25) is 4.98 Å². The summed E-state index contributed by atoms with van der Waals surface area (Å²) in [4.78, 5) is 4.09. The van der Waals surface area contributed by atoms with Crippen LogP contribution in [0.2, 0.25) is 0 Å². The summed E-state index contributed by atoms with van der Waals surface area (Å²) in [7, 11) is 0. The number of nitrogens with two attached hydrogens (primary N) is 1. The Balaban J connectivity index is 2.32. The Bertz CT molecular complexity index is 413. The second-order valence-electron chi connectivity index (χ2n) is 3.11. The van der Waals surface area contributed by atoms with Crippen LogP contribution in [0.25, 0.3) is 0 Å². The van der Waals surface area contributed by atoms with Crippen LogP contribution in [-0.2, 0) is 0 Å². The molecule has 0 bridgehead atoms. The van der Waals surface area contributed by atoms with E-state index in [2.05, 4.69) is 13.7 Å². The first-order valence-corrected chi connectivity index (χ1v) is 4.95. The molecule has 2 N–H and O–H groups in total. The highest BCUT2D eigenvalue weighted by molar-refractivity contribution is 6.99. The quantitative estimate of drug-likeness (QED) is 0.804. The number of nitrogens with zero attached hydrogens (tertiary/aromatic N) is 3. The highest BCUT2D eigenvalue weighted by Gasteiger charge is 2.11. The molecular weight excluding hydrogens is 196 g/mol. The van der Waals surface area contributed by atoms with E-state index in [1.165, 1.54) is 11.7 Å². The molecule has 14 heavy (non-hydrogen) atoms. The molecule has 0 aromatic carbocycles. The molecule has 1 unspecified atom stereocenters. The second-order valence-corrected chi connectivity index (χ2v) is 3.66. The Morgan fingerprint density at radius 2 is 2.21 bits per heavy atom. The van der Waals surface area contributed by atoms with Crippen LogP contribution >= 0.6 is 11.7 Å². The molecule has 0 saturated heterocycles. The summed E-state index contributed by atoms with van der Waals surface area (Å²) >= 11 is 1.17. The maximum Gasteiger partial charge on any atom is 0.0956 e. The third-order valence-corrected chi connectivity index (χ3v) is 2.44. The maximum absolute atomic E-state index is 5.99. The number of rotatable bonds is 2. The molecule has 2 aromatic rings. The molecular formula is C9H10N4S. The second kappa shape index (κ2) is 3.81. The van der Waals surface area contributed by atoms with Gasteiger partial charge in [-0.15, -0.1) is 0 Å². The van der Waals surface area contributed by atoms with E-state index >= 15 is 0 Å². The van der Waals surface area contributed by atoms with Gasteiger partial charge in [0, 0.05) is 12.4 Å². The van der Waals surface area contributed by atoms with E-state index < -0.39 is 0 Å². The van der Waals surface area contributed by atoms with Gasteiger partial charge in [-0.1, -0.05) is 6.07 Å². The fraction of sp³-hybridized carbons (Fsp3) is 0.222. The van der Waals surface area contributed by atoms with Crippen LogP contribution in [0.1, 0.15) is 22.9 Å². The number of hydrogen-bond donors (Lipinski definition) is 1. The van der Waals surface area contributed by atoms with Crippen LogP contribution in [0.15, 0.2) is 24.7 Å². The van der Waals surface area contributed by atoms with Gasteiger partial charge in [0.25, 0.3) is 0 Å². The average molecular weight is 206 g/mol. The minimum Gasteiger partial charge on any atom is -0.319 e. The predicted molar refractivity (Wildman–Crippen MR) is 54.9 cm³/mol. The molecule has 0 amide bonds. The lowest BCUT2D eigenvalue weighted by Crippen LogP contribution is -2.12. The molecule has 4 nitrogen and oxygen atoms in total. The van der Waals surface area contributed by atoms with Gasteiger partial charge in [0.2, 0.25) is 0 Å². The zero-order chi connectivity index (χ0) is 9.97. The zero-order valence-corrected chi connectivity index (χ0v) is 8.53. The Morgan fingerprint density at radius 1 is 1.36 bits per heavy atom. The van der Waals surface area contributed by atoms with Gasteiger partial charge in [0.15, 0.2) is 0 Å². The molecule has 0 radical (unpaired) electrons. The minimum absolute atomic E-state index is 0.221. The molecule has 0 spiro atoms. The van der Waals surface area contributed by atoms with Crippen LogP contribution in [0.4, 0.5) is 0 Å². The number of aryl methyl sites for hydroxylation is 1. The van der Waals surface area contributed by atoms with Crippen molar-refractivity contribution in [1.29, 1.82) is 0 Å². The summed E-state index contributed by atoms with van der Waals surface area (Å²) in [5.74, 6) is 0. The van der Waals surface area contributed by atoms with Crippen molar-refractivity contribution >= 4 is 11.7 Å². The van der Waals surface area contributed by atoms with E-state index in [1.54, 1.807) is 18.6 Å². The highest BCUT2D eigenvalue weighted by Crippen LogP contribution is 2.17. The van der Waals surface area contributed by atoms with Crippen molar-refractivity contribution in [1.82, 2.24) is 13.7 Å². The summed E-state index contributed by atoms with van der Waals surface area (Å²) in [6.07, 6.45) is 5.25. The van der Waals surface area contributed by atoms with E-state index in [1.807, 2.05) is 13.0 Å². The van der Waals surface area contributed by atoms with Crippen molar-refractivity contribution in [3.05, 3.63) is 41.5 Å². The smallest absolute Gasteiger partial charge is 0.0956 e. The van der Waals surface area contributed by atoms with Gasteiger partial charge in [0.1, 0.15) is 0 Å². The number of pyridine rings is 1. The lowest BCUT2D eigenvalue weighted by atomic mass is 10.1. The van der Waals surface area contributed by atoms with Crippen molar-refractivity contribution in [2.75, 3.05) is 0 Å². The molecule has 72 valence electrons. The van der Waals surface area contributed by atoms with Gasteiger partial charge in [0.05, 0.1) is 29.7 Å². The van der Waals surface area contributed by atoms with Crippen molar-refractivity contribution in [2.24, 2.45) is 5.73 Å². The summed E-state index contributed by atoms with van der Waals surface area (Å²) in [6.45, 7) is 1.99. The third-order valence-electron chi connectivity index (χ3n) is 1.95. The van der Waals surface area contributed by atoms with E-state index in [4.69, 9.17) is 5.73 Å². The maximum atomic E-state index is 5.99. The van der Waals surface area contributed by atoms with Crippen molar-refractivity contribution < 1.29 is 0 Å². The van der Waals surface area contributed by atoms with Crippen LogP contribution in [-0.4, -0.2) is 13.7 Å². The Labute approximate surface area is 86.1 Å². The summed E-state index contributed by atoms with van der Waals surface area (Å²) in [5.41, 5.74) is 8.86. The fourth-order valence-electron chi connectivity index (χ4n) is 1.23.